The van der Waals surface area contributed by atoms with Crippen molar-refractivity contribution >= 4 is 17.5 Å². The van der Waals surface area contributed by atoms with Gasteiger partial charge in [-0.15, -0.1) is 0 Å². The Morgan fingerprint density at radius 1 is 0.867 bits per heavy atom. The molecule has 3 aromatic rings. The molecule has 0 aromatic heterocycles. The van der Waals surface area contributed by atoms with Crippen LogP contribution >= 0.6 is 0 Å². The van der Waals surface area contributed by atoms with Gasteiger partial charge in [0.1, 0.15) is 0 Å². The topological polar surface area (TPSA) is 76.7 Å². The Bertz CT molecular complexity index is 1120. The van der Waals surface area contributed by atoms with Crippen LogP contribution in [-0.4, -0.2) is 18.6 Å². The van der Waals surface area contributed by atoms with Crippen molar-refractivity contribution in [2.45, 2.75) is 20.4 Å². The van der Waals surface area contributed by atoms with Gasteiger partial charge in [0.05, 0.1) is 11.3 Å². The van der Waals surface area contributed by atoms with Crippen LogP contribution in [0.1, 0.15) is 37.4 Å². The lowest BCUT2D eigenvalue weighted by Gasteiger charge is -2.13. The fourth-order valence-electron chi connectivity index (χ4n) is 3.29. The fourth-order valence-corrected chi connectivity index (χ4v) is 3.29. The molecule has 1 aliphatic rings. The number of hydrogen-bond acceptors (Lipinski definition) is 4. The largest absolute Gasteiger partial charge is 0.454 e. The van der Waals surface area contributed by atoms with Crippen molar-refractivity contribution in [1.29, 1.82) is 0 Å². The van der Waals surface area contributed by atoms with Crippen molar-refractivity contribution in [3.63, 3.8) is 0 Å². The molecule has 0 radical (unpaired) electrons. The van der Waals surface area contributed by atoms with Crippen LogP contribution in [0.15, 0.2) is 60.7 Å². The predicted molar refractivity (Wildman–Crippen MR) is 114 cm³/mol. The highest BCUT2D eigenvalue weighted by molar-refractivity contribution is 6.09. The van der Waals surface area contributed by atoms with Gasteiger partial charge < -0.3 is 20.1 Å². The maximum atomic E-state index is 12.8. The van der Waals surface area contributed by atoms with E-state index in [0.29, 0.717) is 34.9 Å². The molecule has 0 saturated heterocycles. The second-order valence-corrected chi connectivity index (χ2v) is 7.19. The van der Waals surface area contributed by atoms with Crippen molar-refractivity contribution in [1.82, 2.24) is 5.32 Å². The SMILES string of the molecule is Cc1ccc(C)c(C(=O)Nc2ccccc2C(=O)NCc2ccc3c(c2)OCO3)c1. The Hall–Kier alpha value is -3.80. The van der Waals surface area contributed by atoms with Crippen LogP contribution in [0.3, 0.4) is 0 Å². The summed E-state index contributed by atoms with van der Waals surface area (Å²) >= 11 is 0. The Morgan fingerprint density at radius 3 is 2.53 bits per heavy atom. The fraction of sp³-hybridized carbons (Fsp3) is 0.167. The van der Waals surface area contributed by atoms with E-state index in [0.717, 1.165) is 16.7 Å². The van der Waals surface area contributed by atoms with Gasteiger partial charge in [-0.2, -0.15) is 0 Å². The second kappa shape index (κ2) is 8.29. The van der Waals surface area contributed by atoms with E-state index in [1.807, 2.05) is 50.2 Å². The molecular weight excluding hydrogens is 380 g/mol. The summed E-state index contributed by atoms with van der Waals surface area (Å²) in [5, 5.41) is 5.77. The van der Waals surface area contributed by atoms with Crippen LogP contribution < -0.4 is 20.1 Å². The molecule has 152 valence electrons. The van der Waals surface area contributed by atoms with Gasteiger partial charge in [0.15, 0.2) is 11.5 Å². The van der Waals surface area contributed by atoms with Gasteiger partial charge in [-0.05, 0) is 55.3 Å². The average molecular weight is 402 g/mol. The molecule has 0 unspecified atom stereocenters. The lowest BCUT2D eigenvalue weighted by Crippen LogP contribution is -2.25. The van der Waals surface area contributed by atoms with E-state index in [1.165, 1.54) is 0 Å². The summed E-state index contributed by atoms with van der Waals surface area (Å²) in [6.07, 6.45) is 0. The Kier molecular flexibility index (Phi) is 5.39. The standard InChI is InChI=1S/C24H22N2O4/c1-15-7-8-16(2)19(11-15)24(28)26-20-6-4-3-5-18(20)23(27)25-13-17-9-10-21-22(12-17)30-14-29-21/h3-12H,13-14H2,1-2H3,(H,25,27)(H,26,28). The first-order chi connectivity index (χ1) is 14.5. The Labute approximate surface area is 174 Å². The quantitative estimate of drug-likeness (QED) is 0.670. The second-order valence-electron chi connectivity index (χ2n) is 7.19. The number of fused-ring (bicyclic) bond motifs is 1. The van der Waals surface area contributed by atoms with Crippen LogP contribution in [0.5, 0.6) is 11.5 Å². The van der Waals surface area contributed by atoms with Crippen molar-refractivity contribution in [2.24, 2.45) is 0 Å². The molecule has 0 fully saturated rings. The van der Waals surface area contributed by atoms with E-state index >= 15 is 0 Å². The van der Waals surface area contributed by atoms with Crippen LogP contribution in [0.2, 0.25) is 0 Å². The first-order valence-corrected chi connectivity index (χ1v) is 9.65. The minimum Gasteiger partial charge on any atom is -0.454 e. The van der Waals surface area contributed by atoms with Gasteiger partial charge in [0.25, 0.3) is 11.8 Å². The molecule has 6 heteroatoms. The number of rotatable bonds is 5. The van der Waals surface area contributed by atoms with Crippen molar-refractivity contribution in [3.8, 4) is 11.5 Å². The molecule has 0 bridgehead atoms. The van der Waals surface area contributed by atoms with E-state index in [2.05, 4.69) is 10.6 Å². The van der Waals surface area contributed by atoms with E-state index in [-0.39, 0.29) is 18.6 Å². The van der Waals surface area contributed by atoms with Crippen molar-refractivity contribution < 1.29 is 19.1 Å². The molecule has 2 N–H and O–H groups in total. The van der Waals surface area contributed by atoms with Crippen molar-refractivity contribution in [2.75, 3.05) is 12.1 Å². The summed E-state index contributed by atoms with van der Waals surface area (Å²) in [7, 11) is 0. The number of carbonyl (C=O) groups excluding carboxylic acids is 2. The molecule has 1 aliphatic heterocycles. The van der Waals surface area contributed by atoms with E-state index < -0.39 is 0 Å². The predicted octanol–water partition coefficient (Wildman–Crippen LogP) is 4.21. The molecule has 0 atom stereocenters. The first kappa shape index (κ1) is 19.5. The molecular formula is C24H22N2O4. The number of aryl methyl sites for hydroxylation is 2. The first-order valence-electron chi connectivity index (χ1n) is 9.65. The highest BCUT2D eigenvalue weighted by atomic mass is 16.7. The molecule has 30 heavy (non-hydrogen) atoms. The third-order valence-electron chi connectivity index (χ3n) is 4.95. The average Bonchev–Trinajstić information content (AvgIpc) is 3.22. The van der Waals surface area contributed by atoms with E-state index in [1.54, 1.807) is 24.3 Å². The zero-order valence-corrected chi connectivity index (χ0v) is 16.8. The van der Waals surface area contributed by atoms with E-state index in [4.69, 9.17) is 9.47 Å². The van der Waals surface area contributed by atoms with E-state index in [9.17, 15) is 9.59 Å². The number of para-hydroxylation sites is 1. The molecule has 0 spiro atoms. The number of hydrogen-bond donors (Lipinski definition) is 2. The van der Waals surface area contributed by atoms with Crippen LogP contribution in [0.25, 0.3) is 0 Å². The monoisotopic (exact) mass is 402 g/mol. The number of benzene rings is 3. The lowest BCUT2D eigenvalue weighted by molar-refractivity contribution is 0.0951. The van der Waals surface area contributed by atoms with Crippen LogP contribution in [-0.2, 0) is 6.54 Å². The minimum atomic E-state index is -0.274. The number of nitrogens with one attached hydrogen (secondary N) is 2. The normalized spacial score (nSPS) is 11.8. The van der Waals surface area contributed by atoms with Gasteiger partial charge in [-0.25, -0.2) is 0 Å². The number of carbonyl (C=O) groups is 2. The summed E-state index contributed by atoms with van der Waals surface area (Å²) in [5.74, 6) is 0.851. The van der Waals surface area contributed by atoms with Gasteiger partial charge in [0, 0.05) is 12.1 Å². The van der Waals surface area contributed by atoms with Gasteiger partial charge in [-0.1, -0.05) is 35.9 Å². The van der Waals surface area contributed by atoms with Crippen LogP contribution in [0.4, 0.5) is 5.69 Å². The number of ether oxygens (including phenoxy) is 2. The maximum Gasteiger partial charge on any atom is 0.255 e. The number of anilines is 1. The van der Waals surface area contributed by atoms with Gasteiger partial charge in [0.2, 0.25) is 6.79 Å². The molecule has 0 saturated carbocycles. The lowest BCUT2D eigenvalue weighted by atomic mass is 10.0. The number of amides is 2. The molecule has 2 amide bonds. The molecule has 0 aliphatic carbocycles. The zero-order valence-electron chi connectivity index (χ0n) is 16.8. The summed E-state index contributed by atoms with van der Waals surface area (Å²) in [6, 6.07) is 18.2. The summed E-state index contributed by atoms with van der Waals surface area (Å²) in [5.41, 5.74) is 4.22. The smallest absolute Gasteiger partial charge is 0.255 e. The van der Waals surface area contributed by atoms with Gasteiger partial charge in [-0.3, -0.25) is 9.59 Å². The molecule has 1 heterocycles. The van der Waals surface area contributed by atoms with Crippen LogP contribution in [0, 0.1) is 13.8 Å². The third-order valence-corrected chi connectivity index (χ3v) is 4.95. The molecule has 6 nitrogen and oxygen atoms in total. The minimum absolute atomic E-state index is 0.207. The maximum absolute atomic E-state index is 12.8. The Morgan fingerprint density at radius 2 is 1.67 bits per heavy atom. The Balaban J connectivity index is 1.47. The van der Waals surface area contributed by atoms with Crippen molar-refractivity contribution in [3.05, 3.63) is 88.5 Å². The summed E-state index contributed by atoms with van der Waals surface area (Å²) < 4.78 is 10.7. The highest BCUT2D eigenvalue weighted by Gasteiger charge is 2.17. The molecule has 3 aromatic carbocycles. The highest BCUT2D eigenvalue weighted by Crippen LogP contribution is 2.32. The summed E-state index contributed by atoms with van der Waals surface area (Å²) in [6.45, 7) is 4.36. The summed E-state index contributed by atoms with van der Waals surface area (Å²) in [4.78, 5) is 25.6. The zero-order chi connectivity index (χ0) is 21.1. The third kappa shape index (κ3) is 4.12. The molecule has 4 rings (SSSR count). The van der Waals surface area contributed by atoms with Gasteiger partial charge >= 0.3 is 0 Å².